The number of rotatable bonds is 4. The van der Waals surface area contributed by atoms with Crippen molar-refractivity contribution in [3.8, 4) is 11.5 Å². The maximum Gasteiger partial charge on any atom is 0.208 e. The van der Waals surface area contributed by atoms with Gasteiger partial charge in [-0.1, -0.05) is 0 Å². The molecule has 0 aromatic heterocycles. The van der Waals surface area contributed by atoms with E-state index < -0.39 is 40.3 Å². The number of methoxy groups -OCH3 is 2. The summed E-state index contributed by atoms with van der Waals surface area (Å²) >= 11 is 0. The summed E-state index contributed by atoms with van der Waals surface area (Å²) < 4.78 is 77.3. The Bertz CT molecular complexity index is 721. The third kappa shape index (κ3) is 2.86. The average Bonchev–Trinajstić information content (AvgIpc) is 2.44. The molecule has 8 heteroatoms. The van der Waals surface area contributed by atoms with Crippen molar-refractivity contribution in [1.29, 1.82) is 0 Å². The molecule has 0 spiro atoms. The van der Waals surface area contributed by atoms with E-state index in [1.807, 2.05) is 0 Å². The third-order valence-electron chi connectivity index (χ3n) is 2.93. The Morgan fingerprint density at radius 2 is 1.41 bits per heavy atom. The van der Waals surface area contributed by atoms with Crippen molar-refractivity contribution in [1.82, 2.24) is 0 Å². The molecule has 0 amide bonds. The molecule has 0 atom stereocenters. The van der Waals surface area contributed by atoms with Gasteiger partial charge in [0.15, 0.2) is 17.4 Å². The van der Waals surface area contributed by atoms with Crippen molar-refractivity contribution in [2.45, 2.75) is 0 Å². The lowest BCUT2D eigenvalue weighted by molar-refractivity contribution is 0.358. The van der Waals surface area contributed by atoms with Gasteiger partial charge in [-0.15, -0.1) is 0 Å². The second kappa shape index (κ2) is 6.25. The zero-order valence-electron chi connectivity index (χ0n) is 11.5. The van der Waals surface area contributed by atoms with Crippen LogP contribution in [0.2, 0.25) is 0 Å². The number of benzene rings is 2. The minimum Gasteiger partial charge on any atom is -0.497 e. The molecular weight excluding hydrogens is 306 g/mol. The van der Waals surface area contributed by atoms with Gasteiger partial charge >= 0.3 is 0 Å². The summed E-state index contributed by atoms with van der Waals surface area (Å²) in [6, 6.07) is 1.79. The minimum atomic E-state index is -1.34. The summed E-state index contributed by atoms with van der Waals surface area (Å²) in [5.74, 6) is -6.91. The van der Waals surface area contributed by atoms with Crippen molar-refractivity contribution >= 4 is 18.2 Å². The van der Waals surface area contributed by atoms with Gasteiger partial charge in [-0.3, -0.25) is 0 Å². The number of halogens is 5. The Morgan fingerprint density at radius 3 is 2.00 bits per heavy atom. The molecule has 0 saturated heterocycles. The first-order valence-corrected chi connectivity index (χ1v) is 5.98. The fourth-order valence-electron chi connectivity index (χ4n) is 1.92. The monoisotopic (exact) mass is 315 g/mol. The average molecular weight is 315 g/mol. The summed E-state index contributed by atoms with van der Waals surface area (Å²) in [4.78, 5) is 0. The molecule has 2 rings (SSSR count). The predicted octanol–water partition coefficient (Wildman–Crippen LogP) is 2.05. The lowest BCUT2D eigenvalue weighted by atomic mass is 9.62. The van der Waals surface area contributed by atoms with Gasteiger partial charge in [-0.25, -0.2) is 22.0 Å². The molecule has 2 nitrogen and oxygen atoms in total. The normalized spacial score (nSPS) is 10.5. The zero-order valence-corrected chi connectivity index (χ0v) is 11.5. The summed E-state index contributed by atoms with van der Waals surface area (Å²) in [6.45, 7) is 0. The summed E-state index contributed by atoms with van der Waals surface area (Å²) in [5.41, 5.74) is -1.11. The first-order valence-electron chi connectivity index (χ1n) is 5.98. The SMILES string of the molecule is COc1cc(F)cc(F)c1[B]c1c(F)cc(F)c(OC)c1F. The van der Waals surface area contributed by atoms with Crippen LogP contribution in [0, 0.1) is 29.1 Å². The van der Waals surface area contributed by atoms with Crippen LogP contribution in [0.5, 0.6) is 11.5 Å². The van der Waals surface area contributed by atoms with Crippen molar-refractivity contribution in [3.63, 3.8) is 0 Å². The quantitative estimate of drug-likeness (QED) is 0.635. The molecule has 0 bridgehead atoms. The summed E-state index contributed by atoms with van der Waals surface area (Å²) in [7, 11) is 2.89. The lowest BCUT2D eigenvalue weighted by Crippen LogP contribution is -2.36. The molecule has 0 fully saturated rings. The van der Waals surface area contributed by atoms with Gasteiger partial charge in [-0.05, 0) is 10.9 Å². The highest BCUT2D eigenvalue weighted by molar-refractivity contribution is 6.68. The maximum absolute atomic E-state index is 14.1. The molecule has 115 valence electrons. The van der Waals surface area contributed by atoms with Gasteiger partial charge in [0.1, 0.15) is 23.2 Å². The molecule has 0 unspecified atom stereocenters. The van der Waals surface area contributed by atoms with Crippen LogP contribution in [0.1, 0.15) is 0 Å². The summed E-state index contributed by atoms with van der Waals surface area (Å²) in [6.07, 6.45) is 0. The van der Waals surface area contributed by atoms with E-state index in [-0.39, 0.29) is 11.2 Å². The van der Waals surface area contributed by atoms with Crippen molar-refractivity contribution in [2.24, 2.45) is 0 Å². The number of hydrogen-bond acceptors (Lipinski definition) is 2. The number of ether oxygens (including phenoxy) is 2. The first-order chi connectivity index (χ1) is 10.4. The summed E-state index contributed by atoms with van der Waals surface area (Å²) in [5, 5.41) is 0. The van der Waals surface area contributed by atoms with E-state index in [0.717, 1.165) is 27.6 Å². The van der Waals surface area contributed by atoms with Crippen LogP contribution in [-0.2, 0) is 0 Å². The Hall–Kier alpha value is -2.25. The van der Waals surface area contributed by atoms with Crippen LogP contribution in [0.25, 0.3) is 0 Å². The molecule has 2 aromatic carbocycles. The van der Waals surface area contributed by atoms with Gasteiger partial charge in [-0.2, -0.15) is 0 Å². The molecule has 2 aromatic rings. The van der Waals surface area contributed by atoms with Gasteiger partial charge in [0.25, 0.3) is 0 Å². The Kier molecular flexibility index (Phi) is 4.58. The van der Waals surface area contributed by atoms with Gasteiger partial charge in [0, 0.05) is 18.2 Å². The molecule has 0 saturated carbocycles. The molecular formula is C14H9BF5O2. The standard InChI is InChI=1S/C14H9BF5O2/c1-21-10-4-6(16)3-7(17)11(10)15-12-8(18)5-9(19)14(22-2)13(12)20/h3-5H,1-2H3. The van der Waals surface area contributed by atoms with Crippen LogP contribution >= 0.6 is 0 Å². The highest BCUT2D eigenvalue weighted by atomic mass is 19.2. The van der Waals surface area contributed by atoms with Crippen LogP contribution in [0.15, 0.2) is 18.2 Å². The van der Waals surface area contributed by atoms with Gasteiger partial charge < -0.3 is 9.47 Å². The smallest absolute Gasteiger partial charge is 0.208 e. The second-order valence-corrected chi connectivity index (χ2v) is 4.25. The van der Waals surface area contributed by atoms with Crippen molar-refractivity contribution in [2.75, 3.05) is 14.2 Å². The van der Waals surface area contributed by atoms with E-state index in [4.69, 9.17) is 4.74 Å². The first kappa shape index (κ1) is 16.1. The fraction of sp³-hybridized carbons (Fsp3) is 0.143. The Balaban J connectivity index is 2.57. The van der Waals surface area contributed by atoms with Crippen LogP contribution < -0.4 is 20.4 Å². The largest absolute Gasteiger partial charge is 0.497 e. The molecule has 22 heavy (non-hydrogen) atoms. The van der Waals surface area contributed by atoms with Crippen molar-refractivity contribution < 1.29 is 31.4 Å². The van der Waals surface area contributed by atoms with E-state index in [9.17, 15) is 22.0 Å². The van der Waals surface area contributed by atoms with Crippen LogP contribution in [0.4, 0.5) is 22.0 Å². The van der Waals surface area contributed by atoms with E-state index in [2.05, 4.69) is 4.74 Å². The molecule has 0 aliphatic carbocycles. The fourth-order valence-corrected chi connectivity index (χ4v) is 1.92. The molecule has 0 aliphatic rings. The van der Waals surface area contributed by atoms with Crippen LogP contribution in [-0.4, -0.2) is 21.5 Å². The van der Waals surface area contributed by atoms with E-state index in [1.165, 1.54) is 0 Å². The Morgan fingerprint density at radius 1 is 0.773 bits per heavy atom. The highest BCUT2D eigenvalue weighted by Gasteiger charge is 2.23. The maximum atomic E-state index is 14.1. The van der Waals surface area contributed by atoms with E-state index in [1.54, 1.807) is 0 Å². The zero-order chi connectivity index (χ0) is 16.4. The van der Waals surface area contributed by atoms with E-state index in [0.29, 0.717) is 12.1 Å². The minimum absolute atomic E-state index is 0.264. The molecule has 0 aliphatic heterocycles. The van der Waals surface area contributed by atoms with E-state index >= 15 is 0 Å². The lowest BCUT2D eigenvalue weighted by Gasteiger charge is -2.12. The molecule has 1 radical (unpaired) electrons. The molecule has 0 heterocycles. The second-order valence-electron chi connectivity index (χ2n) is 4.25. The third-order valence-corrected chi connectivity index (χ3v) is 2.93. The van der Waals surface area contributed by atoms with Gasteiger partial charge in [0.2, 0.25) is 7.28 Å². The highest BCUT2D eigenvalue weighted by Crippen LogP contribution is 2.21. The van der Waals surface area contributed by atoms with Gasteiger partial charge in [0.05, 0.1) is 14.2 Å². The topological polar surface area (TPSA) is 18.5 Å². The predicted molar refractivity (Wildman–Crippen MR) is 70.8 cm³/mol. The Labute approximate surface area is 123 Å². The van der Waals surface area contributed by atoms with Crippen LogP contribution in [0.3, 0.4) is 0 Å². The molecule has 0 N–H and O–H groups in total. The number of hydrogen-bond donors (Lipinski definition) is 0. The van der Waals surface area contributed by atoms with Crippen molar-refractivity contribution in [3.05, 3.63) is 47.3 Å².